The van der Waals surface area contributed by atoms with Crippen LogP contribution in [0.4, 0.5) is 17.6 Å². The molecular formula is C21H20F4N2O2. The molecule has 0 spiro atoms. The van der Waals surface area contributed by atoms with Crippen molar-refractivity contribution in [2.45, 2.75) is 38.5 Å². The summed E-state index contributed by atoms with van der Waals surface area (Å²) in [6.45, 7) is 0.693. The van der Waals surface area contributed by atoms with Gasteiger partial charge in [0.05, 0.1) is 5.56 Å². The van der Waals surface area contributed by atoms with Gasteiger partial charge in [-0.25, -0.2) is 4.39 Å². The predicted octanol–water partition coefficient (Wildman–Crippen LogP) is 3.83. The van der Waals surface area contributed by atoms with Crippen LogP contribution in [0.15, 0.2) is 42.5 Å². The summed E-state index contributed by atoms with van der Waals surface area (Å²) in [7, 11) is 0. The number of nitrogens with one attached hydrogen (secondary N) is 1. The zero-order chi connectivity index (χ0) is 21.0. The van der Waals surface area contributed by atoms with Crippen molar-refractivity contribution in [3.8, 4) is 0 Å². The minimum Gasteiger partial charge on any atom is -0.352 e. The van der Waals surface area contributed by atoms with E-state index in [-0.39, 0.29) is 30.9 Å². The molecule has 1 N–H and O–H groups in total. The molecule has 154 valence electrons. The van der Waals surface area contributed by atoms with Gasteiger partial charge in [-0.05, 0) is 35.7 Å². The average Bonchev–Trinajstić information content (AvgIpc) is 2.70. The SMILES string of the molecule is O=C(CCC(=O)N1CCc2ccccc2C1)NCc1cc(C(F)(F)F)ccc1F. The highest BCUT2D eigenvalue weighted by Gasteiger charge is 2.31. The maximum Gasteiger partial charge on any atom is 0.416 e. The number of hydrogen-bond acceptors (Lipinski definition) is 2. The van der Waals surface area contributed by atoms with E-state index in [0.29, 0.717) is 25.2 Å². The third-order valence-corrected chi connectivity index (χ3v) is 4.90. The molecule has 0 aliphatic carbocycles. The van der Waals surface area contributed by atoms with Crippen LogP contribution in [0.3, 0.4) is 0 Å². The van der Waals surface area contributed by atoms with Crippen molar-refractivity contribution in [3.05, 3.63) is 70.5 Å². The summed E-state index contributed by atoms with van der Waals surface area (Å²) in [6.07, 6.45) is -3.97. The fourth-order valence-electron chi connectivity index (χ4n) is 3.26. The van der Waals surface area contributed by atoms with Crippen molar-refractivity contribution in [3.63, 3.8) is 0 Å². The van der Waals surface area contributed by atoms with Crippen LogP contribution < -0.4 is 5.32 Å². The molecule has 3 rings (SSSR count). The van der Waals surface area contributed by atoms with Crippen molar-refractivity contribution in [2.75, 3.05) is 6.54 Å². The number of nitrogens with zero attached hydrogens (tertiary/aromatic N) is 1. The maximum atomic E-state index is 13.7. The predicted molar refractivity (Wildman–Crippen MR) is 98.0 cm³/mol. The van der Waals surface area contributed by atoms with Gasteiger partial charge in [-0.2, -0.15) is 13.2 Å². The number of halogens is 4. The molecule has 4 nitrogen and oxygen atoms in total. The summed E-state index contributed by atoms with van der Waals surface area (Å²) in [4.78, 5) is 26.0. The summed E-state index contributed by atoms with van der Waals surface area (Å²) in [5.74, 6) is -1.52. The molecule has 0 bridgehead atoms. The largest absolute Gasteiger partial charge is 0.416 e. The Morgan fingerprint density at radius 3 is 2.48 bits per heavy atom. The lowest BCUT2D eigenvalue weighted by Crippen LogP contribution is -2.36. The highest BCUT2D eigenvalue weighted by atomic mass is 19.4. The number of carbonyl (C=O) groups is 2. The molecule has 0 saturated heterocycles. The van der Waals surface area contributed by atoms with Gasteiger partial charge in [0.2, 0.25) is 11.8 Å². The van der Waals surface area contributed by atoms with E-state index in [1.807, 2.05) is 24.3 Å². The molecule has 2 amide bonds. The maximum absolute atomic E-state index is 13.7. The van der Waals surface area contributed by atoms with Gasteiger partial charge in [0.25, 0.3) is 0 Å². The van der Waals surface area contributed by atoms with E-state index in [0.717, 1.165) is 18.1 Å². The summed E-state index contributed by atoms with van der Waals surface area (Å²) in [6, 6.07) is 9.90. The molecule has 0 radical (unpaired) electrons. The van der Waals surface area contributed by atoms with E-state index >= 15 is 0 Å². The molecule has 0 saturated carbocycles. The molecule has 8 heteroatoms. The summed E-state index contributed by atoms with van der Waals surface area (Å²) < 4.78 is 51.9. The van der Waals surface area contributed by atoms with Crippen LogP contribution in [0.2, 0.25) is 0 Å². The van der Waals surface area contributed by atoms with Gasteiger partial charge in [0, 0.05) is 38.0 Å². The number of carbonyl (C=O) groups excluding carboxylic acids is 2. The number of rotatable bonds is 5. The Bertz CT molecular complexity index is 912. The Balaban J connectivity index is 1.49. The quantitative estimate of drug-likeness (QED) is 0.765. The Kier molecular flexibility index (Phi) is 6.20. The van der Waals surface area contributed by atoms with Crippen LogP contribution in [0.25, 0.3) is 0 Å². The summed E-state index contributed by atoms with van der Waals surface area (Å²) in [5, 5.41) is 2.38. The van der Waals surface area contributed by atoms with Gasteiger partial charge in [-0.15, -0.1) is 0 Å². The Labute approximate surface area is 165 Å². The second kappa shape index (κ2) is 8.63. The Morgan fingerprint density at radius 1 is 1.03 bits per heavy atom. The molecule has 0 unspecified atom stereocenters. The van der Waals surface area contributed by atoms with Gasteiger partial charge < -0.3 is 10.2 Å². The van der Waals surface area contributed by atoms with Crippen LogP contribution in [0.5, 0.6) is 0 Å². The number of benzene rings is 2. The van der Waals surface area contributed by atoms with Gasteiger partial charge in [0.1, 0.15) is 5.82 Å². The normalized spacial score (nSPS) is 13.7. The molecule has 1 heterocycles. The lowest BCUT2D eigenvalue weighted by molar-refractivity contribution is -0.137. The molecule has 2 aromatic rings. The lowest BCUT2D eigenvalue weighted by Gasteiger charge is -2.28. The van der Waals surface area contributed by atoms with E-state index in [2.05, 4.69) is 5.32 Å². The Hall–Kier alpha value is -2.90. The first-order chi connectivity index (χ1) is 13.7. The monoisotopic (exact) mass is 408 g/mol. The smallest absolute Gasteiger partial charge is 0.352 e. The molecule has 1 aliphatic heterocycles. The van der Waals surface area contributed by atoms with Gasteiger partial charge in [-0.3, -0.25) is 9.59 Å². The summed E-state index contributed by atoms with van der Waals surface area (Å²) in [5.41, 5.74) is 1.05. The van der Waals surface area contributed by atoms with Crippen LogP contribution >= 0.6 is 0 Å². The summed E-state index contributed by atoms with van der Waals surface area (Å²) >= 11 is 0. The van der Waals surface area contributed by atoms with Crippen molar-refractivity contribution in [1.82, 2.24) is 10.2 Å². The van der Waals surface area contributed by atoms with E-state index in [1.165, 1.54) is 5.56 Å². The lowest BCUT2D eigenvalue weighted by atomic mass is 9.99. The first kappa shape index (κ1) is 20.8. The second-order valence-electron chi connectivity index (χ2n) is 6.91. The van der Waals surface area contributed by atoms with Gasteiger partial charge >= 0.3 is 6.18 Å². The molecule has 0 aromatic heterocycles. The van der Waals surface area contributed by atoms with E-state index < -0.39 is 23.5 Å². The number of amides is 2. The molecule has 2 aromatic carbocycles. The topological polar surface area (TPSA) is 49.4 Å². The first-order valence-electron chi connectivity index (χ1n) is 9.21. The van der Waals surface area contributed by atoms with Crippen LogP contribution in [-0.4, -0.2) is 23.3 Å². The van der Waals surface area contributed by atoms with Crippen LogP contribution in [0.1, 0.15) is 35.1 Å². The van der Waals surface area contributed by atoms with Gasteiger partial charge in [0.15, 0.2) is 0 Å². The van der Waals surface area contributed by atoms with Crippen LogP contribution in [0, 0.1) is 5.82 Å². The van der Waals surface area contributed by atoms with E-state index in [9.17, 15) is 27.2 Å². The second-order valence-corrected chi connectivity index (χ2v) is 6.91. The molecule has 0 atom stereocenters. The highest BCUT2D eigenvalue weighted by Crippen LogP contribution is 2.30. The fraction of sp³-hybridized carbons (Fsp3) is 0.333. The van der Waals surface area contributed by atoms with E-state index in [4.69, 9.17) is 0 Å². The third kappa shape index (κ3) is 5.34. The number of hydrogen-bond donors (Lipinski definition) is 1. The standard InChI is InChI=1S/C21H20F4N2O2/c22-18-6-5-17(21(23,24)25)11-16(18)12-26-19(28)7-8-20(29)27-10-9-14-3-1-2-4-15(14)13-27/h1-6,11H,7-10,12-13H2,(H,26,28). The molecule has 0 fully saturated rings. The minimum atomic E-state index is -4.59. The van der Waals surface area contributed by atoms with Crippen LogP contribution in [-0.2, 0) is 35.3 Å². The number of fused-ring (bicyclic) bond motifs is 1. The minimum absolute atomic E-state index is 0.0148. The zero-order valence-corrected chi connectivity index (χ0v) is 15.6. The van der Waals surface area contributed by atoms with Crippen molar-refractivity contribution in [1.29, 1.82) is 0 Å². The average molecular weight is 408 g/mol. The van der Waals surface area contributed by atoms with E-state index in [1.54, 1.807) is 4.90 Å². The number of alkyl halides is 3. The van der Waals surface area contributed by atoms with Crippen molar-refractivity contribution < 1.29 is 27.2 Å². The Morgan fingerprint density at radius 2 is 1.76 bits per heavy atom. The zero-order valence-electron chi connectivity index (χ0n) is 15.6. The molecular weight excluding hydrogens is 388 g/mol. The van der Waals surface area contributed by atoms with Gasteiger partial charge in [-0.1, -0.05) is 24.3 Å². The first-order valence-corrected chi connectivity index (χ1v) is 9.21. The molecule has 29 heavy (non-hydrogen) atoms. The van der Waals surface area contributed by atoms with Crippen molar-refractivity contribution >= 4 is 11.8 Å². The molecule has 1 aliphatic rings. The van der Waals surface area contributed by atoms with Crippen molar-refractivity contribution in [2.24, 2.45) is 0 Å². The fourth-order valence-corrected chi connectivity index (χ4v) is 3.26. The highest BCUT2D eigenvalue weighted by molar-refractivity contribution is 5.83. The third-order valence-electron chi connectivity index (χ3n) is 4.90.